The summed E-state index contributed by atoms with van der Waals surface area (Å²) in [4.78, 5) is 0. The van der Waals surface area contributed by atoms with Crippen LogP contribution in [-0.4, -0.2) is 20.0 Å². The summed E-state index contributed by atoms with van der Waals surface area (Å²) in [5.74, 6) is 0. The zero-order valence-corrected chi connectivity index (χ0v) is 6.52. The average molecular weight is 132 g/mol. The molecule has 0 spiro atoms. The summed E-state index contributed by atoms with van der Waals surface area (Å²) >= 11 is 0. The summed E-state index contributed by atoms with van der Waals surface area (Å²) in [6.07, 6.45) is 2.52. The van der Waals surface area contributed by atoms with Crippen molar-refractivity contribution in [3.63, 3.8) is 0 Å². The van der Waals surface area contributed by atoms with Gasteiger partial charge in [0, 0.05) is 7.11 Å². The van der Waals surface area contributed by atoms with Crippen molar-refractivity contribution in [3.8, 4) is 0 Å². The van der Waals surface area contributed by atoms with E-state index in [1.54, 1.807) is 7.11 Å². The largest absolute Gasteiger partial charge is 0.359 e. The Morgan fingerprint density at radius 1 is 1.22 bits per heavy atom. The van der Waals surface area contributed by atoms with E-state index in [2.05, 4.69) is 13.8 Å². The molecule has 0 unspecified atom stereocenters. The van der Waals surface area contributed by atoms with Gasteiger partial charge in [-0.1, -0.05) is 13.8 Å². The molecule has 2 nitrogen and oxygen atoms in total. The molecular weight excluding hydrogens is 116 g/mol. The molecule has 0 aliphatic heterocycles. The second-order valence-corrected chi connectivity index (χ2v) is 2.01. The van der Waals surface area contributed by atoms with Gasteiger partial charge in [-0.05, 0) is 12.8 Å². The molecular formula is C7H16O2. The van der Waals surface area contributed by atoms with Gasteiger partial charge < -0.3 is 9.47 Å². The molecule has 0 N–H and O–H groups in total. The lowest BCUT2D eigenvalue weighted by Gasteiger charge is -2.11. The van der Waals surface area contributed by atoms with Crippen LogP contribution in [0.25, 0.3) is 0 Å². The van der Waals surface area contributed by atoms with Crippen molar-refractivity contribution in [2.24, 2.45) is 0 Å². The van der Waals surface area contributed by atoms with E-state index in [0.717, 1.165) is 12.8 Å². The van der Waals surface area contributed by atoms with Crippen LogP contribution in [0.4, 0.5) is 0 Å². The molecule has 2 heteroatoms. The fourth-order valence-electron chi connectivity index (χ4n) is 0.689. The first-order valence-corrected chi connectivity index (χ1v) is 3.45. The van der Waals surface area contributed by atoms with Gasteiger partial charge in [0.1, 0.15) is 6.79 Å². The van der Waals surface area contributed by atoms with Crippen LogP contribution >= 0.6 is 0 Å². The van der Waals surface area contributed by atoms with Crippen molar-refractivity contribution < 1.29 is 9.47 Å². The van der Waals surface area contributed by atoms with Crippen LogP contribution in [-0.2, 0) is 9.47 Å². The SMILES string of the molecule is CCC(CC)OCOC. The summed E-state index contributed by atoms with van der Waals surface area (Å²) in [7, 11) is 1.64. The Bertz CT molecular complexity index is 50.9. The summed E-state index contributed by atoms with van der Waals surface area (Å²) in [6.45, 7) is 4.65. The Morgan fingerprint density at radius 2 is 1.78 bits per heavy atom. The predicted octanol–water partition coefficient (Wildman–Crippen LogP) is 1.80. The van der Waals surface area contributed by atoms with E-state index in [-0.39, 0.29) is 0 Å². The van der Waals surface area contributed by atoms with Crippen molar-refractivity contribution in [2.45, 2.75) is 32.8 Å². The summed E-state index contributed by atoms with van der Waals surface area (Å²) in [5.41, 5.74) is 0. The maximum Gasteiger partial charge on any atom is 0.146 e. The molecule has 0 saturated heterocycles. The van der Waals surface area contributed by atoms with E-state index in [4.69, 9.17) is 9.47 Å². The standard InChI is InChI=1S/C7H16O2/c1-4-7(5-2)9-6-8-3/h7H,4-6H2,1-3H3. The average Bonchev–Trinajstić information content (AvgIpc) is 1.91. The Morgan fingerprint density at radius 3 is 2.11 bits per heavy atom. The minimum absolute atomic E-state index is 0.380. The molecule has 0 atom stereocenters. The molecule has 0 aromatic carbocycles. The van der Waals surface area contributed by atoms with Crippen molar-refractivity contribution >= 4 is 0 Å². The molecule has 0 saturated carbocycles. The number of ether oxygens (including phenoxy) is 2. The Hall–Kier alpha value is -0.0800. The van der Waals surface area contributed by atoms with Crippen molar-refractivity contribution in [1.82, 2.24) is 0 Å². The van der Waals surface area contributed by atoms with E-state index in [1.807, 2.05) is 0 Å². The fourth-order valence-corrected chi connectivity index (χ4v) is 0.689. The monoisotopic (exact) mass is 132 g/mol. The smallest absolute Gasteiger partial charge is 0.146 e. The van der Waals surface area contributed by atoms with Crippen LogP contribution in [0.15, 0.2) is 0 Å². The van der Waals surface area contributed by atoms with Crippen molar-refractivity contribution in [3.05, 3.63) is 0 Å². The molecule has 0 aromatic heterocycles. The van der Waals surface area contributed by atoms with Crippen LogP contribution in [0, 0.1) is 0 Å². The zero-order valence-electron chi connectivity index (χ0n) is 6.52. The zero-order chi connectivity index (χ0) is 7.11. The van der Waals surface area contributed by atoms with Gasteiger partial charge in [-0.3, -0.25) is 0 Å². The highest BCUT2D eigenvalue weighted by Gasteiger charge is 2.00. The number of rotatable bonds is 5. The first-order chi connectivity index (χ1) is 4.35. The van der Waals surface area contributed by atoms with Crippen LogP contribution in [0.3, 0.4) is 0 Å². The van der Waals surface area contributed by atoms with Crippen molar-refractivity contribution in [1.29, 1.82) is 0 Å². The van der Waals surface area contributed by atoms with Gasteiger partial charge in [0.25, 0.3) is 0 Å². The maximum atomic E-state index is 5.27. The van der Waals surface area contributed by atoms with Gasteiger partial charge in [-0.25, -0.2) is 0 Å². The maximum absolute atomic E-state index is 5.27. The third kappa shape index (κ3) is 4.43. The molecule has 0 bridgehead atoms. The molecule has 0 aliphatic carbocycles. The highest BCUT2D eigenvalue weighted by molar-refractivity contribution is 4.48. The van der Waals surface area contributed by atoms with E-state index in [9.17, 15) is 0 Å². The first kappa shape index (κ1) is 8.92. The van der Waals surface area contributed by atoms with Crippen LogP contribution < -0.4 is 0 Å². The van der Waals surface area contributed by atoms with Gasteiger partial charge in [0.2, 0.25) is 0 Å². The van der Waals surface area contributed by atoms with Gasteiger partial charge >= 0.3 is 0 Å². The number of hydrogen-bond donors (Lipinski definition) is 0. The van der Waals surface area contributed by atoms with Gasteiger partial charge in [0.05, 0.1) is 6.10 Å². The van der Waals surface area contributed by atoms with E-state index in [1.165, 1.54) is 0 Å². The van der Waals surface area contributed by atoms with E-state index >= 15 is 0 Å². The highest BCUT2D eigenvalue weighted by Crippen LogP contribution is 2.01. The second kappa shape index (κ2) is 6.05. The topological polar surface area (TPSA) is 18.5 Å². The molecule has 9 heavy (non-hydrogen) atoms. The predicted molar refractivity (Wildman–Crippen MR) is 37.3 cm³/mol. The molecule has 56 valence electrons. The summed E-state index contributed by atoms with van der Waals surface area (Å²) < 4.78 is 10.0. The molecule has 0 fully saturated rings. The molecule has 0 amide bonds. The third-order valence-electron chi connectivity index (χ3n) is 1.33. The van der Waals surface area contributed by atoms with Gasteiger partial charge in [-0.15, -0.1) is 0 Å². The minimum Gasteiger partial charge on any atom is -0.359 e. The lowest BCUT2D eigenvalue weighted by atomic mass is 10.2. The van der Waals surface area contributed by atoms with Gasteiger partial charge in [0.15, 0.2) is 0 Å². The van der Waals surface area contributed by atoms with Crippen molar-refractivity contribution in [2.75, 3.05) is 13.9 Å². The number of hydrogen-bond acceptors (Lipinski definition) is 2. The summed E-state index contributed by atoms with van der Waals surface area (Å²) in [5, 5.41) is 0. The summed E-state index contributed by atoms with van der Waals surface area (Å²) in [6, 6.07) is 0. The van der Waals surface area contributed by atoms with E-state index < -0.39 is 0 Å². The quantitative estimate of drug-likeness (QED) is 0.531. The number of methoxy groups -OCH3 is 1. The fraction of sp³-hybridized carbons (Fsp3) is 1.00. The lowest BCUT2D eigenvalue weighted by Crippen LogP contribution is -2.11. The highest BCUT2D eigenvalue weighted by atomic mass is 16.7. The van der Waals surface area contributed by atoms with Gasteiger partial charge in [-0.2, -0.15) is 0 Å². The Labute approximate surface area is 57.2 Å². The molecule has 0 aromatic rings. The third-order valence-corrected chi connectivity index (χ3v) is 1.33. The van der Waals surface area contributed by atoms with Crippen LogP contribution in [0.1, 0.15) is 26.7 Å². The normalized spacial score (nSPS) is 10.7. The van der Waals surface area contributed by atoms with Crippen LogP contribution in [0.2, 0.25) is 0 Å². The first-order valence-electron chi connectivity index (χ1n) is 3.45. The molecule has 0 radical (unpaired) electrons. The van der Waals surface area contributed by atoms with E-state index in [0.29, 0.717) is 12.9 Å². The van der Waals surface area contributed by atoms with Crippen LogP contribution in [0.5, 0.6) is 0 Å². The lowest BCUT2D eigenvalue weighted by molar-refractivity contribution is -0.0733. The second-order valence-electron chi connectivity index (χ2n) is 2.01. The molecule has 0 rings (SSSR count). The molecule has 0 aliphatic rings. The minimum atomic E-state index is 0.380. The Balaban J connectivity index is 3.09. The molecule has 0 heterocycles. The Kier molecular flexibility index (Phi) is 5.99.